The first-order chi connectivity index (χ1) is 16.4. The van der Waals surface area contributed by atoms with Gasteiger partial charge < -0.3 is 14.5 Å². The lowest BCUT2D eigenvalue weighted by Gasteiger charge is -2.34. The second-order valence-corrected chi connectivity index (χ2v) is 12.7. The minimum Gasteiger partial charge on any atom is -0.459 e. The van der Waals surface area contributed by atoms with Crippen LogP contribution in [-0.4, -0.2) is 67.7 Å². The highest BCUT2D eigenvalue weighted by Gasteiger charge is 2.53. The van der Waals surface area contributed by atoms with E-state index in [1.54, 1.807) is 13.8 Å². The molecule has 0 saturated carbocycles. The number of thioether (sulfide) groups is 1. The SMILES string of the molecule is CC(C)OC(=O)c1c(NC(=O)NCC2C3=C(C[N+](C)(C)CC3)SC2C(F)(F)F)sc2c1CCCC2. The maximum atomic E-state index is 13.9. The summed E-state index contributed by atoms with van der Waals surface area (Å²) >= 11 is 2.26. The second-order valence-electron chi connectivity index (χ2n) is 10.4. The molecule has 0 bridgehead atoms. The summed E-state index contributed by atoms with van der Waals surface area (Å²) in [7, 11) is 4.04. The van der Waals surface area contributed by atoms with Crippen LogP contribution < -0.4 is 10.6 Å². The highest BCUT2D eigenvalue weighted by molar-refractivity contribution is 8.04. The molecule has 4 rings (SSSR count). The van der Waals surface area contributed by atoms with Crippen molar-refractivity contribution < 1.29 is 32.0 Å². The molecule has 11 heteroatoms. The average molecular weight is 533 g/mol. The van der Waals surface area contributed by atoms with Gasteiger partial charge in [-0.3, -0.25) is 5.32 Å². The number of hydrogen-bond acceptors (Lipinski definition) is 5. The molecule has 0 aromatic carbocycles. The monoisotopic (exact) mass is 532 g/mol. The fourth-order valence-electron chi connectivity index (χ4n) is 5.07. The van der Waals surface area contributed by atoms with Crippen molar-refractivity contribution in [3.05, 3.63) is 26.5 Å². The first-order valence-corrected chi connectivity index (χ1v) is 13.7. The highest BCUT2D eigenvalue weighted by atomic mass is 32.2. The summed E-state index contributed by atoms with van der Waals surface area (Å²) in [5, 5.41) is 4.26. The molecule has 2 unspecified atom stereocenters. The van der Waals surface area contributed by atoms with Crippen molar-refractivity contribution in [1.29, 1.82) is 0 Å². The van der Waals surface area contributed by atoms with Crippen molar-refractivity contribution in [2.45, 2.75) is 63.5 Å². The Morgan fingerprint density at radius 3 is 2.57 bits per heavy atom. The number of ether oxygens (including phenoxy) is 1. The molecule has 0 spiro atoms. The number of carbonyl (C=O) groups is 2. The fraction of sp³-hybridized carbons (Fsp3) is 0.667. The predicted molar refractivity (Wildman–Crippen MR) is 133 cm³/mol. The predicted octanol–water partition coefficient (Wildman–Crippen LogP) is 5.34. The van der Waals surface area contributed by atoms with E-state index in [-0.39, 0.29) is 12.6 Å². The fourth-order valence-corrected chi connectivity index (χ4v) is 8.04. The molecule has 2 aliphatic heterocycles. The van der Waals surface area contributed by atoms with E-state index < -0.39 is 29.3 Å². The number of alkyl halides is 3. The Hall–Kier alpha value is -1.72. The smallest absolute Gasteiger partial charge is 0.401 e. The van der Waals surface area contributed by atoms with E-state index in [4.69, 9.17) is 4.74 Å². The number of aryl methyl sites for hydroxylation is 1. The van der Waals surface area contributed by atoms with Crippen molar-refractivity contribution in [2.75, 3.05) is 39.0 Å². The van der Waals surface area contributed by atoms with Crippen molar-refractivity contribution in [1.82, 2.24) is 5.32 Å². The molecule has 0 fully saturated rings. The van der Waals surface area contributed by atoms with E-state index in [1.165, 1.54) is 11.3 Å². The van der Waals surface area contributed by atoms with E-state index in [2.05, 4.69) is 10.6 Å². The molecule has 2 atom stereocenters. The Bertz CT molecular complexity index is 1030. The standard InChI is InChI=1S/C24H32F3N3O3S2/c1-13(2)33-22(31)19-15-7-5-6-8-17(15)35-21(19)29-23(32)28-11-16-14-9-10-30(3,4)12-18(14)34-20(16)24(25,26)27/h13,16,20H,5-12H2,1-4H3,(H-,28,29,31,32)/p+1. The van der Waals surface area contributed by atoms with Crippen LogP contribution in [0.15, 0.2) is 10.5 Å². The number of hydrogen-bond donors (Lipinski definition) is 2. The van der Waals surface area contributed by atoms with Crippen molar-refractivity contribution in [3.8, 4) is 0 Å². The number of anilines is 1. The van der Waals surface area contributed by atoms with Crippen LogP contribution in [-0.2, 0) is 17.6 Å². The molecule has 1 aliphatic carbocycles. The van der Waals surface area contributed by atoms with Crippen molar-refractivity contribution >= 4 is 40.1 Å². The summed E-state index contributed by atoms with van der Waals surface area (Å²) in [6.45, 7) is 4.78. The number of urea groups is 1. The number of halogens is 3. The number of thiophene rings is 1. The molecule has 1 aromatic heterocycles. The molecule has 35 heavy (non-hydrogen) atoms. The number of fused-ring (bicyclic) bond motifs is 1. The van der Waals surface area contributed by atoms with Crippen LogP contribution in [0.25, 0.3) is 0 Å². The number of amides is 2. The first-order valence-electron chi connectivity index (χ1n) is 12.0. The Kier molecular flexibility index (Phi) is 7.51. The molecule has 0 saturated heterocycles. The van der Waals surface area contributed by atoms with E-state index >= 15 is 0 Å². The van der Waals surface area contributed by atoms with Gasteiger partial charge in [0.1, 0.15) is 16.8 Å². The maximum Gasteiger partial charge on any atom is 0.401 e. The molecule has 1 aromatic rings. The Morgan fingerprint density at radius 1 is 1.17 bits per heavy atom. The molecule has 0 radical (unpaired) electrons. The zero-order chi connectivity index (χ0) is 25.5. The first kappa shape index (κ1) is 26.3. The largest absolute Gasteiger partial charge is 0.459 e. The summed E-state index contributed by atoms with van der Waals surface area (Å²) < 4.78 is 47.7. The Labute approximate surface area is 212 Å². The lowest BCUT2D eigenvalue weighted by Crippen LogP contribution is -2.45. The molecule has 6 nitrogen and oxygen atoms in total. The van der Waals surface area contributed by atoms with Crippen LogP contribution in [0.4, 0.5) is 23.0 Å². The third-order valence-electron chi connectivity index (χ3n) is 6.75. The molecule has 3 aliphatic rings. The van der Waals surface area contributed by atoms with Crippen LogP contribution in [0.3, 0.4) is 0 Å². The second kappa shape index (κ2) is 9.97. The van der Waals surface area contributed by atoms with E-state index in [1.807, 2.05) is 14.1 Å². The molecular weight excluding hydrogens is 499 g/mol. The average Bonchev–Trinajstić information content (AvgIpc) is 3.28. The number of carbonyl (C=O) groups excluding carboxylic acids is 2. The number of nitrogens with zero attached hydrogens (tertiary/aromatic N) is 1. The van der Waals surface area contributed by atoms with Gasteiger partial charge in [0.25, 0.3) is 0 Å². The Morgan fingerprint density at radius 2 is 1.89 bits per heavy atom. The minimum absolute atomic E-state index is 0.105. The topological polar surface area (TPSA) is 67.4 Å². The highest BCUT2D eigenvalue weighted by Crippen LogP contribution is 2.52. The maximum absolute atomic E-state index is 13.9. The van der Waals surface area contributed by atoms with Crippen LogP contribution in [0.2, 0.25) is 0 Å². The third-order valence-corrected chi connectivity index (χ3v) is 9.48. The molecule has 194 valence electrons. The molecule has 2 N–H and O–H groups in total. The van der Waals surface area contributed by atoms with Gasteiger partial charge in [0, 0.05) is 28.7 Å². The van der Waals surface area contributed by atoms with Gasteiger partial charge in [0.2, 0.25) is 0 Å². The summed E-state index contributed by atoms with van der Waals surface area (Å²) in [6.07, 6.45) is -0.504. The van der Waals surface area contributed by atoms with Gasteiger partial charge in [0.15, 0.2) is 0 Å². The van der Waals surface area contributed by atoms with E-state index in [9.17, 15) is 22.8 Å². The van der Waals surface area contributed by atoms with Gasteiger partial charge in [-0.05, 0) is 50.7 Å². The lowest BCUT2D eigenvalue weighted by atomic mass is 9.90. The van der Waals surface area contributed by atoms with Crippen LogP contribution >= 0.6 is 23.1 Å². The zero-order valence-electron chi connectivity index (χ0n) is 20.5. The quantitative estimate of drug-likeness (QED) is 0.397. The van der Waals surface area contributed by atoms with Crippen LogP contribution in [0, 0.1) is 5.92 Å². The lowest BCUT2D eigenvalue weighted by molar-refractivity contribution is -0.886. The van der Waals surface area contributed by atoms with Crippen molar-refractivity contribution in [3.63, 3.8) is 0 Å². The van der Waals surface area contributed by atoms with E-state index in [0.717, 1.165) is 64.9 Å². The third kappa shape index (κ3) is 5.83. The van der Waals surface area contributed by atoms with Gasteiger partial charge in [-0.15, -0.1) is 23.1 Å². The number of nitrogens with one attached hydrogen (secondary N) is 2. The van der Waals surface area contributed by atoms with Gasteiger partial charge in [-0.2, -0.15) is 13.2 Å². The number of likely N-dealkylation sites (N-methyl/N-ethyl adjacent to an activating group) is 1. The summed E-state index contributed by atoms with van der Waals surface area (Å²) in [5.41, 5.74) is 2.13. The van der Waals surface area contributed by atoms with E-state index in [0.29, 0.717) is 28.0 Å². The van der Waals surface area contributed by atoms with Gasteiger partial charge >= 0.3 is 18.2 Å². The van der Waals surface area contributed by atoms with Gasteiger partial charge in [-0.1, -0.05) is 0 Å². The van der Waals surface area contributed by atoms with Gasteiger partial charge in [-0.25, -0.2) is 9.59 Å². The summed E-state index contributed by atoms with van der Waals surface area (Å²) in [6, 6.07) is -0.603. The van der Waals surface area contributed by atoms with Crippen molar-refractivity contribution in [2.24, 2.45) is 5.92 Å². The molecule has 2 amide bonds. The summed E-state index contributed by atoms with van der Waals surface area (Å²) in [5.74, 6) is -1.26. The minimum atomic E-state index is -4.36. The number of quaternary nitrogens is 1. The molecular formula is C24H33F3N3O3S2+. The number of rotatable bonds is 5. The Balaban J connectivity index is 1.49. The number of esters is 1. The van der Waals surface area contributed by atoms with Gasteiger partial charge in [0.05, 0.1) is 32.3 Å². The normalized spacial score (nSPS) is 23.7. The molecule has 3 heterocycles. The van der Waals surface area contributed by atoms with Crippen LogP contribution in [0.1, 0.15) is 53.9 Å². The summed E-state index contributed by atoms with van der Waals surface area (Å²) in [4.78, 5) is 27.5. The van der Waals surface area contributed by atoms with Crippen LogP contribution in [0.5, 0.6) is 0 Å². The zero-order valence-corrected chi connectivity index (χ0v) is 22.1.